The van der Waals surface area contributed by atoms with E-state index in [-0.39, 0.29) is 11.8 Å². The van der Waals surface area contributed by atoms with Crippen molar-refractivity contribution < 1.29 is 13.9 Å². The first kappa shape index (κ1) is 20.0. The summed E-state index contributed by atoms with van der Waals surface area (Å²) in [6, 6.07) is 8.49. The molecule has 0 bridgehead atoms. The minimum atomic E-state index is -0.610. The Bertz CT molecular complexity index is 994. The molecule has 6 nitrogen and oxygen atoms in total. The van der Waals surface area contributed by atoms with Gasteiger partial charge < -0.3 is 20.1 Å². The maximum absolute atomic E-state index is 14.2. The van der Waals surface area contributed by atoms with Gasteiger partial charge in [-0.25, -0.2) is 9.37 Å². The first-order chi connectivity index (χ1) is 13.4. The van der Waals surface area contributed by atoms with Gasteiger partial charge in [0.05, 0.1) is 30.5 Å². The van der Waals surface area contributed by atoms with Gasteiger partial charge in [-0.1, -0.05) is 23.2 Å². The summed E-state index contributed by atoms with van der Waals surface area (Å²) in [7, 11) is 3.07. The number of aromatic nitrogens is 2. The Kier molecular flexibility index (Phi) is 6.06. The number of nitrogens with zero attached hydrogens (tertiary/aromatic N) is 2. The smallest absolute Gasteiger partial charge is 0.229 e. The van der Waals surface area contributed by atoms with Crippen LogP contribution in [0.15, 0.2) is 36.5 Å². The van der Waals surface area contributed by atoms with Crippen LogP contribution in [0.1, 0.15) is 5.56 Å². The summed E-state index contributed by atoms with van der Waals surface area (Å²) in [4.78, 5) is 8.15. The summed E-state index contributed by atoms with van der Waals surface area (Å²) in [6.45, 7) is 1.86. The highest BCUT2D eigenvalue weighted by atomic mass is 35.5. The number of anilines is 4. The second-order valence-electron chi connectivity index (χ2n) is 5.80. The second-order valence-corrected chi connectivity index (χ2v) is 6.61. The molecule has 2 aromatic carbocycles. The van der Waals surface area contributed by atoms with Crippen molar-refractivity contribution in [2.24, 2.45) is 0 Å². The highest BCUT2D eigenvalue weighted by molar-refractivity contribution is 6.32. The lowest BCUT2D eigenvalue weighted by atomic mass is 10.2. The highest BCUT2D eigenvalue weighted by Gasteiger charge is 2.11. The van der Waals surface area contributed by atoms with Crippen molar-refractivity contribution >= 4 is 46.3 Å². The Labute approximate surface area is 171 Å². The molecule has 3 aromatic rings. The monoisotopic (exact) mass is 422 g/mol. The molecule has 0 unspecified atom stereocenters. The maximum atomic E-state index is 14.2. The van der Waals surface area contributed by atoms with Crippen molar-refractivity contribution in [2.75, 3.05) is 24.9 Å². The van der Waals surface area contributed by atoms with E-state index >= 15 is 0 Å². The standard InChI is InChI=1S/C19H17Cl2FN4O2/c1-10-6-12(8-14(21)17(10)28-3)25-19-23-9-15(22)18(26-19)24-11-4-5-16(27-2)13(20)7-11/h4-9H,1-3H3,(H2,23,24,25,26). The van der Waals surface area contributed by atoms with Crippen LogP contribution in [0.25, 0.3) is 0 Å². The Balaban J connectivity index is 1.85. The van der Waals surface area contributed by atoms with Crippen LogP contribution in [0.4, 0.5) is 27.5 Å². The van der Waals surface area contributed by atoms with Gasteiger partial charge in [0, 0.05) is 11.4 Å². The lowest BCUT2D eigenvalue weighted by Gasteiger charge is -2.12. The molecule has 0 atom stereocenters. The van der Waals surface area contributed by atoms with E-state index in [0.29, 0.717) is 32.9 Å². The molecule has 9 heteroatoms. The van der Waals surface area contributed by atoms with Crippen LogP contribution >= 0.6 is 23.2 Å². The lowest BCUT2D eigenvalue weighted by molar-refractivity contribution is 0.412. The number of aryl methyl sites for hydroxylation is 1. The molecule has 1 aromatic heterocycles. The van der Waals surface area contributed by atoms with E-state index in [0.717, 1.165) is 11.8 Å². The van der Waals surface area contributed by atoms with Crippen molar-refractivity contribution in [1.82, 2.24) is 9.97 Å². The summed E-state index contributed by atoms with van der Waals surface area (Å²) in [5.74, 6) is 0.691. The number of methoxy groups -OCH3 is 2. The molecule has 1 heterocycles. The van der Waals surface area contributed by atoms with E-state index in [9.17, 15) is 4.39 Å². The average molecular weight is 423 g/mol. The Hall–Kier alpha value is -2.77. The highest BCUT2D eigenvalue weighted by Crippen LogP contribution is 2.33. The molecule has 0 aliphatic heterocycles. The molecule has 0 saturated heterocycles. The number of benzene rings is 2. The third-order valence-corrected chi connectivity index (χ3v) is 4.42. The fourth-order valence-corrected chi connectivity index (χ4v) is 3.19. The SMILES string of the molecule is COc1ccc(Nc2nc(Nc3cc(C)c(OC)c(Cl)c3)ncc2F)cc1Cl. The van der Waals surface area contributed by atoms with Crippen molar-refractivity contribution in [1.29, 1.82) is 0 Å². The predicted octanol–water partition coefficient (Wildman–Crippen LogP) is 5.74. The van der Waals surface area contributed by atoms with E-state index in [1.54, 1.807) is 31.4 Å². The average Bonchev–Trinajstić information content (AvgIpc) is 2.64. The topological polar surface area (TPSA) is 68.3 Å². The largest absolute Gasteiger partial charge is 0.495 e. The molecule has 0 aliphatic carbocycles. The normalized spacial score (nSPS) is 10.5. The number of hydrogen-bond acceptors (Lipinski definition) is 6. The van der Waals surface area contributed by atoms with Crippen LogP contribution in [0, 0.1) is 12.7 Å². The van der Waals surface area contributed by atoms with Crippen LogP contribution in [-0.2, 0) is 0 Å². The van der Waals surface area contributed by atoms with Gasteiger partial charge in [0.1, 0.15) is 11.5 Å². The zero-order chi connectivity index (χ0) is 20.3. The summed E-state index contributed by atoms with van der Waals surface area (Å²) >= 11 is 12.3. The van der Waals surface area contributed by atoms with Crippen LogP contribution < -0.4 is 20.1 Å². The number of nitrogens with one attached hydrogen (secondary N) is 2. The first-order valence-electron chi connectivity index (χ1n) is 8.15. The van der Waals surface area contributed by atoms with Gasteiger partial charge in [0.2, 0.25) is 5.95 Å². The van der Waals surface area contributed by atoms with Crippen LogP contribution in [-0.4, -0.2) is 24.2 Å². The number of rotatable bonds is 6. The molecule has 146 valence electrons. The molecule has 3 rings (SSSR count). The van der Waals surface area contributed by atoms with Crippen LogP contribution in [0.3, 0.4) is 0 Å². The quantitative estimate of drug-likeness (QED) is 0.528. The maximum Gasteiger partial charge on any atom is 0.229 e. The Morgan fingerprint density at radius 3 is 2.36 bits per heavy atom. The van der Waals surface area contributed by atoms with Crippen molar-refractivity contribution in [3.8, 4) is 11.5 Å². The van der Waals surface area contributed by atoms with Crippen LogP contribution in [0.5, 0.6) is 11.5 Å². The minimum absolute atomic E-state index is 0.00457. The van der Waals surface area contributed by atoms with Gasteiger partial charge in [0.15, 0.2) is 11.6 Å². The van der Waals surface area contributed by atoms with Crippen LogP contribution in [0.2, 0.25) is 10.0 Å². The van der Waals surface area contributed by atoms with Gasteiger partial charge in [-0.15, -0.1) is 0 Å². The van der Waals surface area contributed by atoms with Crippen molar-refractivity contribution in [2.45, 2.75) is 6.92 Å². The fourth-order valence-electron chi connectivity index (χ4n) is 2.59. The fraction of sp³-hybridized carbons (Fsp3) is 0.158. The molecule has 2 N–H and O–H groups in total. The summed E-state index contributed by atoms with van der Waals surface area (Å²) < 4.78 is 24.5. The molecule has 0 radical (unpaired) electrons. The van der Waals surface area contributed by atoms with Gasteiger partial charge in [0.25, 0.3) is 0 Å². The number of ether oxygens (including phenoxy) is 2. The zero-order valence-electron chi connectivity index (χ0n) is 15.3. The Morgan fingerprint density at radius 1 is 0.964 bits per heavy atom. The molecular formula is C19H17Cl2FN4O2. The summed E-state index contributed by atoms with van der Waals surface area (Å²) in [5, 5.41) is 6.72. The third kappa shape index (κ3) is 4.37. The predicted molar refractivity (Wildman–Crippen MR) is 109 cm³/mol. The zero-order valence-corrected chi connectivity index (χ0v) is 16.8. The molecule has 0 fully saturated rings. The number of halogens is 3. The van der Waals surface area contributed by atoms with E-state index < -0.39 is 5.82 Å². The minimum Gasteiger partial charge on any atom is -0.495 e. The van der Waals surface area contributed by atoms with Gasteiger partial charge in [-0.3, -0.25) is 0 Å². The van der Waals surface area contributed by atoms with Crippen molar-refractivity contribution in [3.05, 3.63) is 58.0 Å². The summed E-state index contributed by atoms with van der Waals surface area (Å²) in [6.07, 6.45) is 1.07. The van der Waals surface area contributed by atoms with Gasteiger partial charge in [-0.2, -0.15) is 4.98 Å². The second kappa shape index (κ2) is 8.50. The van der Waals surface area contributed by atoms with E-state index in [4.69, 9.17) is 32.7 Å². The third-order valence-electron chi connectivity index (χ3n) is 3.85. The lowest BCUT2D eigenvalue weighted by Crippen LogP contribution is -2.04. The van der Waals surface area contributed by atoms with Gasteiger partial charge >= 0.3 is 0 Å². The van der Waals surface area contributed by atoms with Crippen molar-refractivity contribution in [3.63, 3.8) is 0 Å². The summed E-state index contributed by atoms with van der Waals surface area (Å²) in [5.41, 5.74) is 2.04. The molecule has 0 spiro atoms. The van der Waals surface area contributed by atoms with E-state index in [1.807, 2.05) is 13.0 Å². The molecule has 0 amide bonds. The van der Waals surface area contributed by atoms with E-state index in [1.165, 1.54) is 7.11 Å². The molecular weight excluding hydrogens is 406 g/mol. The number of hydrogen-bond donors (Lipinski definition) is 2. The molecule has 28 heavy (non-hydrogen) atoms. The molecule has 0 aliphatic rings. The molecule has 0 saturated carbocycles. The van der Waals surface area contributed by atoms with E-state index in [2.05, 4.69) is 20.6 Å². The Morgan fingerprint density at radius 2 is 1.71 bits per heavy atom. The van der Waals surface area contributed by atoms with Gasteiger partial charge in [-0.05, 0) is 42.8 Å². The first-order valence-corrected chi connectivity index (χ1v) is 8.91.